The van der Waals surface area contributed by atoms with Crippen LogP contribution in [-0.4, -0.2) is 10.8 Å². The first-order valence-electron chi connectivity index (χ1n) is 3.91. The molecule has 0 spiro atoms. The minimum atomic E-state index is -4.38. The van der Waals surface area contributed by atoms with Crippen molar-refractivity contribution in [1.29, 1.82) is 0 Å². The number of pyridine rings is 1. The van der Waals surface area contributed by atoms with Crippen LogP contribution >= 0.6 is 0 Å². The number of alkyl halides is 3. The number of ketones is 1. The van der Waals surface area contributed by atoms with Crippen molar-refractivity contribution in [2.75, 3.05) is 0 Å². The Hall–Kier alpha value is -1.39. The highest BCUT2D eigenvalue weighted by Crippen LogP contribution is 2.28. The molecule has 0 bridgehead atoms. The number of nitrogens with zero attached hydrogens (tertiary/aromatic N) is 1. The molecular formula is C9H8F3NO. The maximum Gasteiger partial charge on any atom is 0.416 e. The molecule has 0 N–H and O–H groups in total. The normalized spacial score (nSPS) is 11.4. The monoisotopic (exact) mass is 203 g/mol. The predicted octanol–water partition coefficient (Wildman–Crippen LogP) is 2.23. The first-order chi connectivity index (χ1) is 6.39. The topological polar surface area (TPSA) is 30.0 Å². The van der Waals surface area contributed by atoms with Gasteiger partial charge in [0.05, 0.1) is 5.56 Å². The van der Waals surface area contributed by atoms with Crippen molar-refractivity contribution in [1.82, 2.24) is 4.98 Å². The fourth-order valence-corrected chi connectivity index (χ4v) is 1.01. The molecule has 76 valence electrons. The second-order valence-electron chi connectivity index (χ2n) is 2.91. The molecule has 0 radical (unpaired) electrons. The van der Waals surface area contributed by atoms with Crippen molar-refractivity contribution < 1.29 is 18.0 Å². The zero-order chi connectivity index (χ0) is 10.8. The van der Waals surface area contributed by atoms with Crippen LogP contribution in [-0.2, 0) is 17.4 Å². The van der Waals surface area contributed by atoms with Crippen molar-refractivity contribution in [2.24, 2.45) is 0 Å². The highest BCUT2D eigenvalue weighted by molar-refractivity contribution is 5.77. The average Bonchev–Trinajstić information content (AvgIpc) is 2.01. The molecule has 0 aliphatic carbocycles. The van der Waals surface area contributed by atoms with Gasteiger partial charge in [-0.15, -0.1) is 0 Å². The lowest BCUT2D eigenvalue weighted by molar-refractivity contribution is -0.137. The number of hydrogen-bond donors (Lipinski definition) is 0. The number of hydrogen-bond acceptors (Lipinski definition) is 2. The van der Waals surface area contributed by atoms with E-state index in [0.29, 0.717) is 0 Å². The van der Waals surface area contributed by atoms with Gasteiger partial charge >= 0.3 is 6.18 Å². The van der Waals surface area contributed by atoms with Gasteiger partial charge in [-0.25, -0.2) is 0 Å². The molecule has 1 aromatic heterocycles. The Morgan fingerprint density at radius 1 is 1.50 bits per heavy atom. The van der Waals surface area contributed by atoms with Crippen LogP contribution in [0.25, 0.3) is 0 Å². The Bertz CT molecular complexity index is 346. The van der Waals surface area contributed by atoms with Crippen LogP contribution in [0.15, 0.2) is 18.3 Å². The van der Waals surface area contributed by atoms with E-state index >= 15 is 0 Å². The number of rotatable bonds is 2. The molecule has 14 heavy (non-hydrogen) atoms. The lowest BCUT2D eigenvalue weighted by Crippen LogP contribution is -2.07. The van der Waals surface area contributed by atoms with Gasteiger partial charge in [-0.05, 0) is 19.1 Å². The van der Waals surface area contributed by atoms with E-state index in [2.05, 4.69) is 4.98 Å². The predicted molar refractivity (Wildman–Crippen MR) is 43.6 cm³/mol. The second-order valence-corrected chi connectivity index (χ2v) is 2.91. The van der Waals surface area contributed by atoms with E-state index in [-0.39, 0.29) is 17.9 Å². The Morgan fingerprint density at radius 3 is 2.64 bits per heavy atom. The summed E-state index contributed by atoms with van der Waals surface area (Å²) in [6, 6.07) is 1.77. The van der Waals surface area contributed by atoms with E-state index < -0.39 is 11.7 Å². The summed E-state index contributed by atoms with van der Waals surface area (Å²) in [6.45, 7) is 1.31. The summed E-state index contributed by atoms with van der Waals surface area (Å²) in [6.07, 6.45) is -3.39. The smallest absolute Gasteiger partial charge is 0.300 e. The third-order valence-corrected chi connectivity index (χ3v) is 1.57. The molecule has 2 nitrogen and oxygen atoms in total. The zero-order valence-electron chi connectivity index (χ0n) is 7.43. The van der Waals surface area contributed by atoms with Crippen molar-refractivity contribution in [3.05, 3.63) is 29.6 Å². The van der Waals surface area contributed by atoms with Crippen LogP contribution in [0.4, 0.5) is 13.2 Å². The van der Waals surface area contributed by atoms with Gasteiger partial charge in [0, 0.05) is 18.3 Å². The van der Waals surface area contributed by atoms with Gasteiger partial charge in [0.15, 0.2) is 0 Å². The Morgan fingerprint density at radius 2 is 2.14 bits per heavy atom. The van der Waals surface area contributed by atoms with E-state index in [4.69, 9.17) is 0 Å². The highest BCUT2D eigenvalue weighted by atomic mass is 19.4. The molecule has 0 atom stereocenters. The first kappa shape index (κ1) is 10.7. The Balaban J connectivity index is 2.95. The van der Waals surface area contributed by atoms with Crippen molar-refractivity contribution in [3.8, 4) is 0 Å². The van der Waals surface area contributed by atoms with Gasteiger partial charge in [0.2, 0.25) is 0 Å². The molecule has 0 saturated carbocycles. The number of carbonyl (C=O) groups excluding carboxylic acids is 1. The number of aromatic nitrogens is 1. The summed E-state index contributed by atoms with van der Waals surface area (Å²) in [5.74, 6) is -0.211. The zero-order valence-corrected chi connectivity index (χ0v) is 7.43. The van der Waals surface area contributed by atoms with Crippen LogP contribution in [0.3, 0.4) is 0 Å². The maximum atomic E-state index is 12.2. The fraction of sp³-hybridized carbons (Fsp3) is 0.333. The van der Waals surface area contributed by atoms with Gasteiger partial charge in [-0.1, -0.05) is 0 Å². The fourth-order valence-electron chi connectivity index (χ4n) is 1.01. The molecular weight excluding hydrogens is 195 g/mol. The summed E-state index contributed by atoms with van der Waals surface area (Å²) >= 11 is 0. The molecule has 0 aliphatic rings. The molecule has 1 aromatic rings. The molecule has 0 amide bonds. The third-order valence-electron chi connectivity index (χ3n) is 1.57. The maximum absolute atomic E-state index is 12.2. The molecule has 0 fully saturated rings. The molecule has 0 saturated heterocycles. The van der Waals surface area contributed by atoms with Crippen molar-refractivity contribution in [2.45, 2.75) is 19.5 Å². The molecule has 0 unspecified atom stereocenters. The molecule has 0 aromatic carbocycles. The van der Waals surface area contributed by atoms with Crippen LogP contribution in [0.5, 0.6) is 0 Å². The van der Waals surface area contributed by atoms with Gasteiger partial charge in [-0.3, -0.25) is 9.78 Å². The van der Waals surface area contributed by atoms with Crippen molar-refractivity contribution in [3.63, 3.8) is 0 Å². The van der Waals surface area contributed by atoms with Gasteiger partial charge < -0.3 is 0 Å². The summed E-state index contributed by atoms with van der Waals surface area (Å²) in [5.41, 5.74) is -0.629. The van der Waals surface area contributed by atoms with Gasteiger partial charge in [-0.2, -0.15) is 13.2 Å². The molecule has 0 aliphatic heterocycles. The van der Waals surface area contributed by atoms with Crippen molar-refractivity contribution >= 4 is 5.78 Å². The van der Waals surface area contributed by atoms with Crippen LogP contribution in [0.1, 0.15) is 18.2 Å². The second kappa shape index (κ2) is 3.77. The number of halogens is 3. The SMILES string of the molecule is CC(=O)Cc1cc(C(F)(F)F)ccn1. The molecule has 5 heteroatoms. The lowest BCUT2D eigenvalue weighted by atomic mass is 10.1. The summed E-state index contributed by atoms with van der Waals surface area (Å²) < 4.78 is 36.6. The highest BCUT2D eigenvalue weighted by Gasteiger charge is 2.30. The number of carbonyl (C=O) groups is 1. The Labute approximate surface area is 78.8 Å². The van der Waals surface area contributed by atoms with E-state index in [1.807, 2.05) is 0 Å². The quantitative estimate of drug-likeness (QED) is 0.737. The standard InChI is InChI=1S/C9H8F3NO/c1-6(14)4-8-5-7(2-3-13-8)9(10,11)12/h2-3,5H,4H2,1H3. The molecule has 1 rings (SSSR count). The van der Waals surface area contributed by atoms with Crippen LogP contribution in [0.2, 0.25) is 0 Å². The van der Waals surface area contributed by atoms with Crippen LogP contribution < -0.4 is 0 Å². The van der Waals surface area contributed by atoms with E-state index in [1.54, 1.807) is 0 Å². The minimum Gasteiger partial charge on any atom is -0.300 e. The third kappa shape index (κ3) is 2.83. The summed E-state index contributed by atoms with van der Waals surface area (Å²) in [4.78, 5) is 14.3. The largest absolute Gasteiger partial charge is 0.416 e. The Kier molecular flexibility index (Phi) is 2.88. The summed E-state index contributed by atoms with van der Waals surface area (Å²) in [5, 5.41) is 0. The average molecular weight is 203 g/mol. The van der Waals surface area contributed by atoms with Crippen LogP contribution in [0, 0.1) is 0 Å². The van der Waals surface area contributed by atoms with E-state index in [0.717, 1.165) is 18.3 Å². The lowest BCUT2D eigenvalue weighted by Gasteiger charge is -2.06. The molecule has 1 heterocycles. The number of Topliss-reactive ketones (excluding diaryl/α,β-unsaturated/α-hetero) is 1. The minimum absolute atomic E-state index is 0.0656. The van der Waals surface area contributed by atoms with Gasteiger partial charge in [0.25, 0.3) is 0 Å². The summed E-state index contributed by atoms with van der Waals surface area (Å²) in [7, 11) is 0. The van der Waals surface area contributed by atoms with E-state index in [1.165, 1.54) is 6.92 Å². The van der Waals surface area contributed by atoms with Gasteiger partial charge in [0.1, 0.15) is 5.78 Å². The van der Waals surface area contributed by atoms with E-state index in [9.17, 15) is 18.0 Å². The first-order valence-corrected chi connectivity index (χ1v) is 3.91.